The summed E-state index contributed by atoms with van der Waals surface area (Å²) in [7, 11) is -0.0922. The van der Waals surface area contributed by atoms with Gasteiger partial charge in [0.25, 0.3) is 0 Å². The molecule has 0 saturated heterocycles. The van der Waals surface area contributed by atoms with Crippen LogP contribution in [-0.2, 0) is 14.8 Å². The molecule has 0 fully saturated rings. The number of pyridine rings is 1. The predicted molar refractivity (Wildman–Crippen MR) is 74.7 cm³/mol. The first-order valence-electron chi connectivity index (χ1n) is 6.22. The van der Waals surface area contributed by atoms with E-state index >= 15 is 0 Å². The van der Waals surface area contributed by atoms with Gasteiger partial charge in [0.15, 0.2) is 0 Å². The third-order valence-corrected chi connectivity index (χ3v) is 4.07. The van der Waals surface area contributed by atoms with Gasteiger partial charge in [-0.05, 0) is 25.3 Å². The Morgan fingerprint density at radius 3 is 2.79 bits per heavy atom. The summed E-state index contributed by atoms with van der Waals surface area (Å²) in [5.41, 5.74) is 0. The molecule has 7 heteroatoms. The van der Waals surface area contributed by atoms with Crippen LogP contribution in [0.2, 0.25) is 0 Å². The van der Waals surface area contributed by atoms with E-state index in [1.807, 2.05) is 0 Å². The molecule has 0 aliphatic heterocycles. The summed E-state index contributed by atoms with van der Waals surface area (Å²) in [4.78, 5) is 4.21. The molecule has 6 nitrogen and oxygen atoms in total. The van der Waals surface area contributed by atoms with Crippen molar-refractivity contribution in [3.05, 3.63) is 18.3 Å². The van der Waals surface area contributed by atoms with Gasteiger partial charge in [0.1, 0.15) is 5.82 Å². The molecule has 0 aliphatic carbocycles. The maximum Gasteiger partial charge on any atom is 0.240 e. The summed E-state index contributed by atoms with van der Waals surface area (Å²) in [6.45, 7) is 1.14. The predicted octanol–water partition coefficient (Wildman–Crippen LogP) is 1.22. The summed E-state index contributed by atoms with van der Waals surface area (Å²) in [6.07, 6.45) is 4.15. The van der Waals surface area contributed by atoms with E-state index in [2.05, 4.69) is 15.0 Å². The first-order valence-corrected chi connectivity index (χ1v) is 7.71. The van der Waals surface area contributed by atoms with Crippen molar-refractivity contribution in [3.63, 3.8) is 0 Å². The zero-order valence-electron chi connectivity index (χ0n) is 11.3. The minimum Gasteiger partial charge on any atom is -0.385 e. The van der Waals surface area contributed by atoms with Crippen molar-refractivity contribution in [2.75, 3.05) is 32.6 Å². The number of aromatic nitrogens is 1. The third-order valence-electron chi connectivity index (χ3n) is 2.62. The molecule has 0 atom stereocenters. The molecule has 108 valence electrons. The molecule has 0 aromatic carbocycles. The number of ether oxygens (including phenoxy) is 1. The fourth-order valence-electron chi connectivity index (χ4n) is 1.55. The molecule has 1 rings (SSSR count). The molecule has 0 radical (unpaired) electrons. The van der Waals surface area contributed by atoms with Gasteiger partial charge >= 0.3 is 0 Å². The van der Waals surface area contributed by atoms with Crippen LogP contribution in [0.4, 0.5) is 5.82 Å². The molecular formula is C12H21N3O3S. The van der Waals surface area contributed by atoms with E-state index in [0.717, 1.165) is 19.3 Å². The number of methoxy groups -OCH3 is 1. The summed E-state index contributed by atoms with van der Waals surface area (Å²) >= 11 is 0. The van der Waals surface area contributed by atoms with Gasteiger partial charge in [-0.15, -0.1) is 0 Å². The third kappa shape index (κ3) is 5.54. The lowest BCUT2D eigenvalue weighted by Gasteiger charge is -2.07. The van der Waals surface area contributed by atoms with Gasteiger partial charge in [-0.3, -0.25) is 0 Å². The maximum absolute atomic E-state index is 12.0. The molecule has 0 aliphatic rings. The second-order valence-electron chi connectivity index (χ2n) is 4.08. The average molecular weight is 287 g/mol. The summed E-state index contributed by atoms with van der Waals surface area (Å²) in [5, 5.41) is 2.81. The SMILES string of the molecule is CNc1cc(S(=O)(=O)NCCCCCOC)ccn1. The summed E-state index contributed by atoms with van der Waals surface area (Å²) in [5.74, 6) is 0.531. The van der Waals surface area contributed by atoms with Crippen molar-refractivity contribution in [1.29, 1.82) is 0 Å². The molecular weight excluding hydrogens is 266 g/mol. The maximum atomic E-state index is 12.0. The fraction of sp³-hybridized carbons (Fsp3) is 0.583. The number of hydrogen-bond acceptors (Lipinski definition) is 5. The van der Waals surface area contributed by atoms with Crippen molar-refractivity contribution < 1.29 is 13.2 Å². The average Bonchev–Trinajstić information content (AvgIpc) is 2.43. The van der Waals surface area contributed by atoms with Crippen molar-refractivity contribution in [2.24, 2.45) is 0 Å². The van der Waals surface area contributed by atoms with Gasteiger partial charge in [-0.1, -0.05) is 0 Å². The molecule has 1 aromatic rings. The van der Waals surface area contributed by atoms with Gasteiger partial charge in [-0.2, -0.15) is 0 Å². The lowest BCUT2D eigenvalue weighted by atomic mass is 10.2. The van der Waals surface area contributed by atoms with Crippen LogP contribution in [-0.4, -0.2) is 40.7 Å². The Labute approximate surface area is 114 Å². The minimum absolute atomic E-state index is 0.226. The van der Waals surface area contributed by atoms with E-state index in [4.69, 9.17) is 4.74 Å². The van der Waals surface area contributed by atoms with Crippen molar-refractivity contribution in [1.82, 2.24) is 9.71 Å². The topological polar surface area (TPSA) is 80.3 Å². The standard InChI is InChI=1S/C12H21N3O3S/c1-13-12-10-11(6-8-14-12)19(16,17)15-7-4-3-5-9-18-2/h6,8,10,15H,3-5,7,9H2,1-2H3,(H,13,14). The summed E-state index contributed by atoms with van der Waals surface area (Å²) in [6, 6.07) is 2.99. The largest absolute Gasteiger partial charge is 0.385 e. The Bertz CT molecular complexity index is 477. The highest BCUT2D eigenvalue weighted by Gasteiger charge is 2.13. The van der Waals surface area contributed by atoms with E-state index < -0.39 is 10.0 Å². The Kier molecular flexibility index (Phi) is 6.75. The summed E-state index contributed by atoms with van der Waals surface area (Å²) < 4.78 is 31.5. The van der Waals surface area contributed by atoms with Crippen LogP contribution in [0.3, 0.4) is 0 Å². The Morgan fingerprint density at radius 2 is 2.11 bits per heavy atom. The van der Waals surface area contributed by atoms with Gasteiger partial charge in [0.2, 0.25) is 10.0 Å². The molecule has 0 unspecified atom stereocenters. The number of nitrogens with one attached hydrogen (secondary N) is 2. The molecule has 0 saturated carbocycles. The van der Waals surface area contributed by atoms with Crippen LogP contribution < -0.4 is 10.0 Å². The number of hydrogen-bond donors (Lipinski definition) is 2. The van der Waals surface area contributed by atoms with E-state index in [1.54, 1.807) is 14.2 Å². The van der Waals surface area contributed by atoms with Gasteiger partial charge in [0.05, 0.1) is 4.90 Å². The lowest BCUT2D eigenvalue weighted by molar-refractivity contribution is 0.192. The molecule has 0 spiro atoms. The van der Waals surface area contributed by atoms with Crippen LogP contribution >= 0.6 is 0 Å². The van der Waals surface area contributed by atoms with Crippen LogP contribution in [0.15, 0.2) is 23.2 Å². The van der Waals surface area contributed by atoms with Crippen LogP contribution in [0.5, 0.6) is 0 Å². The highest BCUT2D eigenvalue weighted by molar-refractivity contribution is 7.89. The number of rotatable bonds is 9. The van der Waals surface area contributed by atoms with E-state index in [9.17, 15) is 8.42 Å². The van der Waals surface area contributed by atoms with E-state index in [-0.39, 0.29) is 4.90 Å². The molecule has 19 heavy (non-hydrogen) atoms. The van der Waals surface area contributed by atoms with Gasteiger partial charge < -0.3 is 10.1 Å². The Morgan fingerprint density at radius 1 is 1.32 bits per heavy atom. The van der Waals surface area contributed by atoms with Crippen molar-refractivity contribution in [3.8, 4) is 0 Å². The van der Waals surface area contributed by atoms with Crippen molar-refractivity contribution >= 4 is 15.8 Å². The quantitative estimate of drug-likeness (QED) is 0.667. The Balaban J connectivity index is 2.46. The highest BCUT2D eigenvalue weighted by atomic mass is 32.2. The smallest absolute Gasteiger partial charge is 0.240 e. The van der Waals surface area contributed by atoms with Crippen LogP contribution in [0.1, 0.15) is 19.3 Å². The van der Waals surface area contributed by atoms with Crippen LogP contribution in [0.25, 0.3) is 0 Å². The monoisotopic (exact) mass is 287 g/mol. The number of anilines is 1. The van der Waals surface area contributed by atoms with Crippen molar-refractivity contribution in [2.45, 2.75) is 24.2 Å². The van der Waals surface area contributed by atoms with E-state index in [0.29, 0.717) is 19.0 Å². The zero-order valence-corrected chi connectivity index (χ0v) is 12.2. The first-order chi connectivity index (χ1) is 9.10. The normalized spacial score (nSPS) is 11.5. The number of nitrogens with zero attached hydrogens (tertiary/aromatic N) is 1. The zero-order chi connectivity index (χ0) is 14.1. The minimum atomic E-state index is -3.45. The second kappa shape index (κ2) is 8.08. The molecule has 0 bridgehead atoms. The van der Waals surface area contributed by atoms with E-state index in [1.165, 1.54) is 18.3 Å². The lowest BCUT2D eigenvalue weighted by Crippen LogP contribution is -2.25. The van der Waals surface area contributed by atoms with Gasteiger partial charge in [0, 0.05) is 39.6 Å². The highest BCUT2D eigenvalue weighted by Crippen LogP contribution is 2.12. The van der Waals surface area contributed by atoms with Gasteiger partial charge in [-0.25, -0.2) is 18.1 Å². The molecule has 1 heterocycles. The molecule has 2 N–H and O–H groups in total. The number of unbranched alkanes of at least 4 members (excludes halogenated alkanes) is 2. The molecule has 1 aromatic heterocycles. The molecule has 0 amide bonds. The number of sulfonamides is 1. The fourth-order valence-corrected chi connectivity index (χ4v) is 2.64. The Hall–Kier alpha value is -1.18. The second-order valence-corrected chi connectivity index (χ2v) is 5.84. The first kappa shape index (κ1) is 15.9. The van der Waals surface area contributed by atoms with Crippen LogP contribution in [0, 0.1) is 0 Å².